The minimum absolute atomic E-state index is 0.0633. The fourth-order valence-corrected chi connectivity index (χ4v) is 3.60. The third kappa shape index (κ3) is 3.54. The van der Waals surface area contributed by atoms with Gasteiger partial charge in [0, 0.05) is 12.5 Å². The summed E-state index contributed by atoms with van der Waals surface area (Å²) in [6.07, 6.45) is 1.99. The number of hydrogen-bond donors (Lipinski definition) is 2. The van der Waals surface area contributed by atoms with E-state index in [0.717, 1.165) is 0 Å². The van der Waals surface area contributed by atoms with E-state index in [9.17, 15) is 13.2 Å². The molecule has 1 aliphatic heterocycles. The summed E-state index contributed by atoms with van der Waals surface area (Å²) in [6, 6.07) is 7.56. The summed E-state index contributed by atoms with van der Waals surface area (Å²) in [4.78, 5) is 11.4. The van der Waals surface area contributed by atoms with E-state index in [1.807, 2.05) is 0 Å². The minimum atomic E-state index is -3.71. The van der Waals surface area contributed by atoms with Crippen LogP contribution in [0.5, 0.6) is 5.75 Å². The van der Waals surface area contributed by atoms with E-state index >= 15 is 0 Å². The van der Waals surface area contributed by atoms with E-state index < -0.39 is 10.0 Å². The van der Waals surface area contributed by atoms with Crippen molar-refractivity contribution in [1.29, 1.82) is 0 Å². The summed E-state index contributed by atoms with van der Waals surface area (Å²) >= 11 is 0. The molecule has 122 valence electrons. The number of hydrogen-bond acceptors (Lipinski definition) is 5. The van der Waals surface area contributed by atoms with Crippen LogP contribution in [0.4, 0.5) is 5.69 Å². The standard InChI is InChI=1S/C15H16N2O5S/c1-10(7-11-3-2-6-21-11)17-23(19,20)12-4-5-14-13(8-12)16-15(18)9-22-14/h2-6,8,10,17H,7,9H2,1H3,(H,16,18). The normalized spacial score (nSPS) is 15.4. The van der Waals surface area contributed by atoms with E-state index in [-0.39, 0.29) is 23.5 Å². The molecule has 1 aromatic heterocycles. The number of carbonyl (C=O) groups excluding carboxylic acids is 1. The monoisotopic (exact) mass is 336 g/mol. The smallest absolute Gasteiger partial charge is 0.262 e. The first kappa shape index (κ1) is 15.6. The molecule has 1 amide bonds. The van der Waals surface area contributed by atoms with Crippen molar-refractivity contribution in [3.05, 3.63) is 42.4 Å². The molecular weight excluding hydrogens is 320 g/mol. The molecule has 2 N–H and O–H groups in total. The Labute approximate surface area is 133 Å². The Hall–Kier alpha value is -2.32. The average molecular weight is 336 g/mol. The third-order valence-corrected chi connectivity index (χ3v) is 4.93. The lowest BCUT2D eigenvalue weighted by molar-refractivity contribution is -0.118. The third-order valence-electron chi connectivity index (χ3n) is 3.34. The topological polar surface area (TPSA) is 97.6 Å². The van der Waals surface area contributed by atoms with Gasteiger partial charge in [0.05, 0.1) is 16.8 Å². The maximum atomic E-state index is 12.4. The first-order valence-corrected chi connectivity index (χ1v) is 8.54. The highest BCUT2D eigenvalue weighted by atomic mass is 32.2. The molecule has 8 heteroatoms. The summed E-state index contributed by atoms with van der Waals surface area (Å²) in [6.45, 7) is 1.68. The highest BCUT2D eigenvalue weighted by Gasteiger charge is 2.22. The Bertz CT molecular complexity index is 814. The van der Waals surface area contributed by atoms with Gasteiger partial charge in [-0.25, -0.2) is 13.1 Å². The first-order valence-electron chi connectivity index (χ1n) is 7.05. The van der Waals surface area contributed by atoms with Crippen LogP contribution in [-0.2, 0) is 21.2 Å². The second-order valence-electron chi connectivity index (χ2n) is 5.30. The molecule has 1 aliphatic rings. The molecule has 3 rings (SSSR count). The van der Waals surface area contributed by atoms with Crippen molar-refractivity contribution < 1.29 is 22.4 Å². The second-order valence-corrected chi connectivity index (χ2v) is 7.01. The number of nitrogens with one attached hydrogen (secondary N) is 2. The molecule has 0 saturated carbocycles. The number of carbonyl (C=O) groups is 1. The van der Waals surface area contributed by atoms with Crippen molar-refractivity contribution in [2.45, 2.75) is 24.3 Å². The van der Waals surface area contributed by atoms with Crippen molar-refractivity contribution in [3.8, 4) is 5.75 Å². The van der Waals surface area contributed by atoms with Gasteiger partial charge in [0.1, 0.15) is 11.5 Å². The molecule has 1 unspecified atom stereocenters. The maximum absolute atomic E-state index is 12.4. The zero-order valence-corrected chi connectivity index (χ0v) is 13.2. The molecule has 1 aromatic carbocycles. The van der Waals surface area contributed by atoms with Crippen LogP contribution in [-0.4, -0.2) is 27.0 Å². The second kappa shape index (κ2) is 6.05. The summed E-state index contributed by atoms with van der Waals surface area (Å²) in [7, 11) is -3.71. The highest BCUT2D eigenvalue weighted by molar-refractivity contribution is 7.89. The molecule has 0 aliphatic carbocycles. The van der Waals surface area contributed by atoms with Crippen LogP contribution < -0.4 is 14.8 Å². The van der Waals surface area contributed by atoms with Gasteiger partial charge in [-0.3, -0.25) is 4.79 Å². The van der Waals surface area contributed by atoms with Crippen molar-refractivity contribution in [1.82, 2.24) is 4.72 Å². The summed E-state index contributed by atoms with van der Waals surface area (Å²) < 4.78 is 37.9. The number of amides is 1. The summed E-state index contributed by atoms with van der Waals surface area (Å²) in [5.41, 5.74) is 0.350. The Morgan fingerprint density at radius 1 is 1.35 bits per heavy atom. The highest BCUT2D eigenvalue weighted by Crippen LogP contribution is 2.30. The predicted octanol–water partition coefficient (Wildman–Crippen LogP) is 1.52. The van der Waals surface area contributed by atoms with Crippen molar-refractivity contribution in [2.75, 3.05) is 11.9 Å². The number of furan rings is 1. The molecular formula is C15H16N2O5S. The number of anilines is 1. The van der Waals surface area contributed by atoms with Gasteiger partial charge in [0.25, 0.3) is 5.91 Å². The van der Waals surface area contributed by atoms with Crippen LogP contribution in [0.1, 0.15) is 12.7 Å². The van der Waals surface area contributed by atoms with E-state index in [1.54, 1.807) is 25.3 Å². The first-order chi connectivity index (χ1) is 10.9. The van der Waals surface area contributed by atoms with Crippen LogP contribution in [0.15, 0.2) is 45.9 Å². The molecule has 0 fully saturated rings. The van der Waals surface area contributed by atoms with Gasteiger partial charge in [0.2, 0.25) is 10.0 Å². The largest absolute Gasteiger partial charge is 0.482 e. The molecule has 2 aromatic rings. The minimum Gasteiger partial charge on any atom is -0.482 e. The fourth-order valence-electron chi connectivity index (χ4n) is 2.33. The molecule has 0 bridgehead atoms. The number of rotatable bonds is 5. The average Bonchev–Trinajstić information content (AvgIpc) is 2.98. The van der Waals surface area contributed by atoms with Gasteiger partial charge in [-0.05, 0) is 37.3 Å². The molecule has 1 atom stereocenters. The van der Waals surface area contributed by atoms with Crippen LogP contribution >= 0.6 is 0 Å². The van der Waals surface area contributed by atoms with Gasteiger partial charge >= 0.3 is 0 Å². The number of fused-ring (bicyclic) bond motifs is 1. The van der Waals surface area contributed by atoms with Gasteiger partial charge in [-0.2, -0.15) is 0 Å². The fraction of sp³-hybridized carbons (Fsp3) is 0.267. The van der Waals surface area contributed by atoms with Gasteiger partial charge in [-0.15, -0.1) is 0 Å². The van der Waals surface area contributed by atoms with E-state index in [1.165, 1.54) is 18.2 Å². The van der Waals surface area contributed by atoms with Crippen LogP contribution in [0.3, 0.4) is 0 Å². The zero-order chi connectivity index (χ0) is 16.4. The Kier molecular flexibility index (Phi) is 4.10. The number of sulfonamides is 1. The summed E-state index contributed by atoms with van der Waals surface area (Å²) in [5, 5.41) is 2.59. The van der Waals surface area contributed by atoms with Gasteiger partial charge in [-0.1, -0.05) is 0 Å². The van der Waals surface area contributed by atoms with Crippen LogP contribution in [0.2, 0.25) is 0 Å². The molecule has 0 radical (unpaired) electrons. The Morgan fingerprint density at radius 2 is 2.17 bits per heavy atom. The quantitative estimate of drug-likeness (QED) is 0.863. The SMILES string of the molecule is CC(Cc1ccco1)NS(=O)(=O)c1ccc2c(c1)NC(=O)CO2. The molecule has 0 spiro atoms. The van der Waals surface area contributed by atoms with Crippen molar-refractivity contribution in [2.24, 2.45) is 0 Å². The molecule has 0 saturated heterocycles. The molecule has 2 heterocycles. The zero-order valence-electron chi connectivity index (χ0n) is 12.4. The molecule has 7 nitrogen and oxygen atoms in total. The maximum Gasteiger partial charge on any atom is 0.262 e. The number of ether oxygens (including phenoxy) is 1. The lowest BCUT2D eigenvalue weighted by Gasteiger charge is -2.19. The van der Waals surface area contributed by atoms with Crippen molar-refractivity contribution >= 4 is 21.6 Å². The van der Waals surface area contributed by atoms with E-state index in [4.69, 9.17) is 9.15 Å². The lowest BCUT2D eigenvalue weighted by atomic mass is 10.2. The molecule has 23 heavy (non-hydrogen) atoms. The van der Waals surface area contributed by atoms with Crippen molar-refractivity contribution in [3.63, 3.8) is 0 Å². The summed E-state index contributed by atoms with van der Waals surface area (Å²) in [5.74, 6) is 0.838. The van der Waals surface area contributed by atoms with Gasteiger partial charge in [0.15, 0.2) is 6.61 Å². The van der Waals surface area contributed by atoms with E-state index in [0.29, 0.717) is 23.6 Å². The number of benzene rings is 1. The van der Waals surface area contributed by atoms with Crippen LogP contribution in [0, 0.1) is 0 Å². The Morgan fingerprint density at radius 3 is 2.91 bits per heavy atom. The van der Waals surface area contributed by atoms with Crippen LogP contribution in [0.25, 0.3) is 0 Å². The van der Waals surface area contributed by atoms with E-state index in [2.05, 4.69) is 10.0 Å². The predicted molar refractivity (Wildman–Crippen MR) is 82.8 cm³/mol. The lowest BCUT2D eigenvalue weighted by Crippen LogP contribution is -2.34. The van der Waals surface area contributed by atoms with Gasteiger partial charge < -0.3 is 14.5 Å². The Balaban J connectivity index is 1.77.